The van der Waals surface area contributed by atoms with Crippen LogP contribution in [0.3, 0.4) is 0 Å². The van der Waals surface area contributed by atoms with Gasteiger partial charge in [0.05, 0.1) is 5.92 Å². The minimum atomic E-state index is -0.142. The smallest absolute Gasteiger partial charge is 0.211 e. The van der Waals surface area contributed by atoms with Crippen LogP contribution in [0, 0.1) is 22.0 Å². The van der Waals surface area contributed by atoms with E-state index in [1.807, 2.05) is 30.3 Å². The standard InChI is InChI=1S/C26H26N2O2/c29-28(30)17-23(18-9-3-1-4-10-18)20-15-16-22-25(19-11-5-2-6-12-19)21-13-7-8-14-24(21)27-26(20)22/h1-14,20,22-23,25-27H,15-17H2/t20-,22+,23-,25-,26-/m1/s1. The lowest BCUT2D eigenvalue weighted by atomic mass is 9.72. The van der Waals surface area contributed by atoms with Crippen molar-refractivity contribution in [2.24, 2.45) is 11.8 Å². The van der Waals surface area contributed by atoms with E-state index in [4.69, 9.17) is 0 Å². The zero-order valence-electron chi connectivity index (χ0n) is 16.9. The van der Waals surface area contributed by atoms with Crippen LogP contribution in [-0.4, -0.2) is 17.5 Å². The van der Waals surface area contributed by atoms with Gasteiger partial charge in [0.25, 0.3) is 0 Å². The van der Waals surface area contributed by atoms with Crippen LogP contribution in [0.25, 0.3) is 0 Å². The van der Waals surface area contributed by atoms with Gasteiger partial charge in [0.1, 0.15) is 0 Å². The number of para-hydroxylation sites is 1. The van der Waals surface area contributed by atoms with Gasteiger partial charge in [-0.2, -0.15) is 0 Å². The molecule has 5 rings (SSSR count). The van der Waals surface area contributed by atoms with Crippen molar-refractivity contribution in [3.63, 3.8) is 0 Å². The SMILES string of the molecule is O=[N+]([O-])C[C@H](c1ccccc1)[C@H]1CC[C@H]2[C@H](c3ccccc3)c3ccccc3N[C@@H]21. The summed E-state index contributed by atoms with van der Waals surface area (Å²) < 4.78 is 0. The van der Waals surface area contributed by atoms with E-state index in [9.17, 15) is 10.1 Å². The quantitative estimate of drug-likeness (QED) is 0.443. The molecule has 1 aliphatic carbocycles. The highest BCUT2D eigenvalue weighted by Crippen LogP contribution is 2.53. The van der Waals surface area contributed by atoms with Crippen LogP contribution in [-0.2, 0) is 0 Å². The molecule has 0 amide bonds. The van der Waals surface area contributed by atoms with E-state index in [0.29, 0.717) is 11.8 Å². The van der Waals surface area contributed by atoms with Crippen molar-refractivity contribution in [1.82, 2.24) is 0 Å². The molecule has 4 heteroatoms. The lowest BCUT2D eigenvalue weighted by Crippen LogP contribution is -2.41. The van der Waals surface area contributed by atoms with Gasteiger partial charge in [-0.05, 0) is 47.4 Å². The molecule has 4 nitrogen and oxygen atoms in total. The molecule has 1 fully saturated rings. The highest BCUT2D eigenvalue weighted by atomic mass is 16.6. The molecule has 3 aromatic rings. The van der Waals surface area contributed by atoms with Gasteiger partial charge < -0.3 is 5.32 Å². The number of nitrogens with zero attached hydrogens (tertiary/aromatic N) is 1. The zero-order chi connectivity index (χ0) is 20.5. The minimum Gasteiger partial charge on any atom is -0.381 e. The van der Waals surface area contributed by atoms with Crippen LogP contribution in [0.5, 0.6) is 0 Å². The van der Waals surface area contributed by atoms with Gasteiger partial charge in [0, 0.05) is 22.6 Å². The van der Waals surface area contributed by atoms with Crippen molar-refractivity contribution in [1.29, 1.82) is 0 Å². The number of benzene rings is 3. The maximum Gasteiger partial charge on any atom is 0.211 e. The molecule has 5 atom stereocenters. The first kappa shape index (κ1) is 18.9. The molecule has 1 saturated carbocycles. The molecule has 0 unspecified atom stereocenters. The molecule has 1 N–H and O–H groups in total. The van der Waals surface area contributed by atoms with Crippen molar-refractivity contribution in [2.45, 2.75) is 30.7 Å². The molecular formula is C26H26N2O2. The number of fused-ring (bicyclic) bond motifs is 2. The maximum absolute atomic E-state index is 11.6. The molecule has 0 spiro atoms. The molecule has 1 heterocycles. The highest BCUT2D eigenvalue weighted by molar-refractivity contribution is 5.59. The second kappa shape index (κ2) is 7.94. The Bertz CT molecular complexity index is 1020. The van der Waals surface area contributed by atoms with Crippen LogP contribution in [0.4, 0.5) is 5.69 Å². The van der Waals surface area contributed by atoms with Crippen LogP contribution in [0.1, 0.15) is 41.4 Å². The number of anilines is 1. The number of rotatable bonds is 5. The average Bonchev–Trinajstić information content (AvgIpc) is 3.20. The predicted octanol–water partition coefficient (Wildman–Crippen LogP) is 5.70. The lowest BCUT2D eigenvalue weighted by Gasteiger charge is -2.40. The Hall–Kier alpha value is -3.14. The first-order valence-electron chi connectivity index (χ1n) is 10.8. The summed E-state index contributed by atoms with van der Waals surface area (Å²) in [6.45, 7) is -0.0166. The topological polar surface area (TPSA) is 55.2 Å². The van der Waals surface area contributed by atoms with Crippen LogP contribution >= 0.6 is 0 Å². The summed E-state index contributed by atoms with van der Waals surface area (Å²) in [5.41, 5.74) is 4.94. The Morgan fingerprint density at radius 2 is 1.57 bits per heavy atom. The highest BCUT2D eigenvalue weighted by Gasteiger charge is 2.48. The summed E-state index contributed by atoms with van der Waals surface area (Å²) in [5.74, 6) is 0.920. The predicted molar refractivity (Wildman–Crippen MR) is 119 cm³/mol. The molecule has 30 heavy (non-hydrogen) atoms. The van der Waals surface area contributed by atoms with Crippen LogP contribution < -0.4 is 5.32 Å². The van der Waals surface area contributed by atoms with Gasteiger partial charge >= 0.3 is 0 Å². The second-order valence-electron chi connectivity index (χ2n) is 8.58. The molecule has 0 saturated heterocycles. The van der Waals surface area contributed by atoms with Gasteiger partial charge in [-0.15, -0.1) is 0 Å². The Labute approximate surface area is 177 Å². The average molecular weight is 399 g/mol. The van der Waals surface area contributed by atoms with E-state index >= 15 is 0 Å². The lowest BCUT2D eigenvalue weighted by molar-refractivity contribution is -0.485. The van der Waals surface area contributed by atoms with Crippen LogP contribution in [0.2, 0.25) is 0 Å². The van der Waals surface area contributed by atoms with Crippen molar-refractivity contribution in [3.8, 4) is 0 Å². The number of nitro groups is 1. The molecule has 0 bridgehead atoms. The van der Waals surface area contributed by atoms with Gasteiger partial charge in [0.15, 0.2) is 0 Å². The van der Waals surface area contributed by atoms with Crippen molar-refractivity contribution >= 4 is 5.69 Å². The fourth-order valence-electron chi connectivity index (χ4n) is 5.85. The molecule has 3 aromatic carbocycles. The van der Waals surface area contributed by atoms with Crippen molar-refractivity contribution < 1.29 is 4.92 Å². The monoisotopic (exact) mass is 398 g/mol. The summed E-state index contributed by atoms with van der Waals surface area (Å²) in [7, 11) is 0. The summed E-state index contributed by atoms with van der Waals surface area (Å²) in [6.07, 6.45) is 2.09. The van der Waals surface area contributed by atoms with E-state index in [-0.39, 0.29) is 29.3 Å². The first-order valence-corrected chi connectivity index (χ1v) is 10.8. The third-order valence-corrected chi connectivity index (χ3v) is 7.05. The molecule has 0 radical (unpaired) electrons. The first-order chi connectivity index (χ1) is 14.7. The molecule has 152 valence electrons. The molecular weight excluding hydrogens is 372 g/mol. The van der Waals surface area contributed by atoms with Gasteiger partial charge in [-0.1, -0.05) is 78.9 Å². The Kier molecular flexibility index (Phi) is 4.99. The third-order valence-electron chi connectivity index (χ3n) is 7.05. The maximum atomic E-state index is 11.6. The van der Waals surface area contributed by atoms with E-state index in [1.165, 1.54) is 16.8 Å². The largest absolute Gasteiger partial charge is 0.381 e. The van der Waals surface area contributed by atoms with Gasteiger partial charge in [0.2, 0.25) is 6.54 Å². The van der Waals surface area contributed by atoms with Crippen LogP contribution in [0.15, 0.2) is 84.9 Å². The normalized spacial score (nSPS) is 25.6. The minimum absolute atomic E-state index is 0.0166. The number of hydrogen-bond acceptors (Lipinski definition) is 3. The molecule has 0 aromatic heterocycles. The summed E-state index contributed by atoms with van der Waals surface area (Å²) >= 11 is 0. The third kappa shape index (κ3) is 3.36. The van der Waals surface area contributed by atoms with E-state index in [0.717, 1.165) is 18.4 Å². The fraction of sp³-hybridized carbons (Fsp3) is 0.308. The van der Waals surface area contributed by atoms with Crippen molar-refractivity contribution in [2.75, 3.05) is 11.9 Å². The molecule has 2 aliphatic rings. The fourth-order valence-corrected chi connectivity index (χ4v) is 5.85. The van der Waals surface area contributed by atoms with Crippen molar-refractivity contribution in [3.05, 3.63) is 112 Å². The second-order valence-corrected chi connectivity index (χ2v) is 8.58. The zero-order valence-corrected chi connectivity index (χ0v) is 16.9. The Morgan fingerprint density at radius 1 is 0.900 bits per heavy atom. The number of nitrogens with one attached hydrogen (secondary N) is 1. The van der Waals surface area contributed by atoms with Gasteiger partial charge in [-0.3, -0.25) is 10.1 Å². The van der Waals surface area contributed by atoms with E-state index in [1.54, 1.807) is 0 Å². The van der Waals surface area contributed by atoms with E-state index in [2.05, 4.69) is 59.9 Å². The number of hydrogen-bond donors (Lipinski definition) is 1. The summed E-state index contributed by atoms with van der Waals surface area (Å²) in [4.78, 5) is 11.4. The van der Waals surface area contributed by atoms with Gasteiger partial charge in [-0.25, -0.2) is 0 Å². The summed E-state index contributed by atoms with van der Waals surface area (Å²) in [6, 6.07) is 29.6. The Balaban J connectivity index is 1.55. The molecule has 1 aliphatic heterocycles. The van der Waals surface area contributed by atoms with E-state index < -0.39 is 0 Å². The Morgan fingerprint density at radius 3 is 2.30 bits per heavy atom. The summed E-state index contributed by atoms with van der Waals surface area (Å²) in [5, 5.41) is 15.4.